The van der Waals surface area contributed by atoms with Gasteiger partial charge < -0.3 is 0 Å². The van der Waals surface area contributed by atoms with Crippen molar-refractivity contribution in [2.24, 2.45) is 0 Å². The van der Waals surface area contributed by atoms with E-state index in [2.05, 4.69) is 40.4 Å². The number of aromatic nitrogens is 5. The Kier molecular flexibility index (Phi) is 3.69. The van der Waals surface area contributed by atoms with Crippen LogP contribution in [0.5, 0.6) is 0 Å². The molecule has 0 N–H and O–H groups in total. The summed E-state index contributed by atoms with van der Waals surface area (Å²) < 4.78 is 1.59. The zero-order valence-corrected chi connectivity index (χ0v) is 13.3. The van der Waals surface area contributed by atoms with E-state index in [0.29, 0.717) is 16.7 Å². The fourth-order valence-corrected chi connectivity index (χ4v) is 2.81. The molecule has 22 heavy (non-hydrogen) atoms. The molecule has 0 atom stereocenters. The summed E-state index contributed by atoms with van der Waals surface area (Å²) >= 11 is 1.46. The molecule has 3 rings (SSSR count). The molecule has 6 nitrogen and oxygen atoms in total. The topological polar surface area (TPSA) is 80.3 Å². The second kappa shape index (κ2) is 5.66. The van der Waals surface area contributed by atoms with Gasteiger partial charge in [0.2, 0.25) is 5.13 Å². The lowest BCUT2D eigenvalue weighted by molar-refractivity contribution is 0.776. The average molecular weight is 310 g/mol. The van der Waals surface area contributed by atoms with Crippen LogP contribution in [0.4, 0.5) is 0 Å². The molecule has 0 fully saturated rings. The Morgan fingerprint density at radius 3 is 2.45 bits per heavy atom. The quantitative estimate of drug-likeness (QED) is 0.742. The third-order valence-corrected chi connectivity index (χ3v) is 4.41. The van der Waals surface area contributed by atoms with Gasteiger partial charge in [-0.3, -0.25) is 0 Å². The van der Waals surface area contributed by atoms with Gasteiger partial charge in [0, 0.05) is 11.5 Å². The van der Waals surface area contributed by atoms with Gasteiger partial charge in [0.05, 0.1) is 0 Å². The summed E-state index contributed by atoms with van der Waals surface area (Å²) in [5, 5.41) is 27.2. The molecule has 0 aliphatic heterocycles. The van der Waals surface area contributed by atoms with Crippen LogP contribution in [0.1, 0.15) is 36.0 Å². The van der Waals surface area contributed by atoms with E-state index >= 15 is 0 Å². The number of hydrogen-bond donors (Lipinski definition) is 0. The van der Waals surface area contributed by atoms with Crippen molar-refractivity contribution in [3.05, 3.63) is 40.5 Å². The van der Waals surface area contributed by atoms with Crippen molar-refractivity contribution >= 4 is 11.3 Å². The van der Waals surface area contributed by atoms with Crippen LogP contribution in [0.2, 0.25) is 0 Å². The number of hydrogen-bond acceptors (Lipinski definition) is 6. The van der Waals surface area contributed by atoms with Crippen LogP contribution >= 0.6 is 11.3 Å². The van der Waals surface area contributed by atoms with Gasteiger partial charge in [-0.1, -0.05) is 60.2 Å². The van der Waals surface area contributed by atoms with Gasteiger partial charge >= 0.3 is 0 Å². The fourth-order valence-electron chi connectivity index (χ4n) is 2.01. The van der Waals surface area contributed by atoms with E-state index in [4.69, 9.17) is 0 Å². The van der Waals surface area contributed by atoms with E-state index in [1.165, 1.54) is 11.3 Å². The van der Waals surface area contributed by atoms with E-state index in [0.717, 1.165) is 16.1 Å². The predicted octanol–water partition coefficient (Wildman–Crippen LogP) is 3.09. The Morgan fingerprint density at radius 2 is 1.86 bits per heavy atom. The maximum Gasteiger partial charge on any atom is 0.234 e. The highest BCUT2D eigenvalue weighted by molar-refractivity contribution is 7.13. The van der Waals surface area contributed by atoms with Gasteiger partial charge in [-0.2, -0.15) is 9.94 Å². The highest BCUT2D eigenvalue weighted by Gasteiger charge is 2.19. The van der Waals surface area contributed by atoms with Crippen molar-refractivity contribution in [3.63, 3.8) is 0 Å². The van der Waals surface area contributed by atoms with Gasteiger partial charge in [-0.25, -0.2) is 0 Å². The van der Waals surface area contributed by atoms with Crippen LogP contribution in [-0.4, -0.2) is 25.2 Å². The lowest BCUT2D eigenvalue weighted by atomic mass is 10.1. The number of nitriles is 1. The molecular formula is C15H14N6S. The van der Waals surface area contributed by atoms with Crippen molar-refractivity contribution in [2.45, 2.75) is 26.7 Å². The Bertz CT molecular complexity index is 838. The lowest BCUT2D eigenvalue weighted by Gasteiger charge is -2.03. The minimum atomic E-state index is 0.283. The van der Waals surface area contributed by atoms with E-state index in [-0.39, 0.29) is 5.69 Å². The second-order valence-electron chi connectivity index (χ2n) is 5.25. The Morgan fingerprint density at radius 1 is 1.14 bits per heavy atom. The van der Waals surface area contributed by atoms with Crippen LogP contribution in [-0.2, 0) is 0 Å². The second-order valence-corrected chi connectivity index (χ2v) is 6.24. The van der Waals surface area contributed by atoms with E-state index in [9.17, 15) is 5.26 Å². The molecule has 0 aliphatic rings. The normalized spacial score (nSPS) is 10.9. The van der Waals surface area contributed by atoms with Crippen LogP contribution in [0, 0.1) is 18.3 Å². The molecule has 3 aromatic rings. The smallest absolute Gasteiger partial charge is 0.191 e. The molecule has 0 aliphatic carbocycles. The number of rotatable bonds is 3. The molecule has 1 aromatic carbocycles. The first-order chi connectivity index (χ1) is 10.6. The summed E-state index contributed by atoms with van der Waals surface area (Å²) in [5.74, 6) is 0.299. The fraction of sp³-hybridized carbons (Fsp3) is 0.267. The molecule has 0 unspecified atom stereocenters. The summed E-state index contributed by atoms with van der Waals surface area (Å²) in [6.45, 7) is 6.14. The van der Waals surface area contributed by atoms with Crippen LogP contribution in [0.3, 0.4) is 0 Å². The molecule has 0 amide bonds. The lowest BCUT2D eigenvalue weighted by Crippen LogP contribution is -1.99. The summed E-state index contributed by atoms with van der Waals surface area (Å²) in [4.78, 5) is 0. The van der Waals surface area contributed by atoms with E-state index < -0.39 is 0 Å². The van der Waals surface area contributed by atoms with Crippen LogP contribution < -0.4 is 0 Å². The van der Waals surface area contributed by atoms with Gasteiger partial charge in [-0.05, 0) is 6.92 Å². The molecule has 7 heteroatoms. The zero-order chi connectivity index (χ0) is 15.7. The first kappa shape index (κ1) is 14.4. The summed E-state index contributed by atoms with van der Waals surface area (Å²) in [7, 11) is 0. The number of benzene rings is 1. The number of aryl methyl sites for hydroxylation is 1. The number of nitrogens with zero attached hydrogens (tertiary/aromatic N) is 6. The van der Waals surface area contributed by atoms with Gasteiger partial charge in [0.1, 0.15) is 16.8 Å². The molecule has 2 aromatic heterocycles. The summed E-state index contributed by atoms with van der Waals surface area (Å²) in [6, 6.07) is 9.99. The average Bonchev–Trinajstić information content (AvgIpc) is 3.14. The summed E-state index contributed by atoms with van der Waals surface area (Å²) in [6.07, 6.45) is 0. The maximum absolute atomic E-state index is 9.29. The van der Waals surface area contributed by atoms with E-state index in [1.54, 1.807) is 4.68 Å². The molecule has 0 radical (unpaired) electrons. The molecule has 0 saturated carbocycles. The van der Waals surface area contributed by atoms with Crippen molar-refractivity contribution < 1.29 is 0 Å². The van der Waals surface area contributed by atoms with Crippen molar-refractivity contribution in [2.75, 3.05) is 0 Å². The standard InChI is InChI=1S/C15H14N6S/c1-9(2)14-18-19-15(22-14)21-13(12(8-16)17-20-21)11-6-4-10(3)5-7-11/h4-7,9H,1-3H3. The molecular weight excluding hydrogens is 296 g/mol. The predicted molar refractivity (Wildman–Crippen MR) is 83.8 cm³/mol. The highest BCUT2D eigenvalue weighted by Crippen LogP contribution is 2.28. The molecule has 110 valence electrons. The molecule has 2 heterocycles. The summed E-state index contributed by atoms with van der Waals surface area (Å²) in [5.41, 5.74) is 2.96. The molecule has 0 bridgehead atoms. The zero-order valence-electron chi connectivity index (χ0n) is 12.5. The first-order valence-corrected chi connectivity index (χ1v) is 7.68. The Balaban J connectivity index is 2.14. The third-order valence-electron chi connectivity index (χ3n) is 3.21. The van der Waals surface area contributed by atoms with Crippen molar-refractivity contribution in [1.29, 1.82) is 5.26 Å². The van der Waals surface area contributed by atoms with Crippen molar-refractivity contribution in [3.8, 4) is 22.5 Å². The first-order valence-electron chi connectivity index (χ1n) is 6.86. The molecule has 0 saturated heterocycles. The van der Waals surface area contributed by atoms with Crippen LogP contribution in [0.25, 0.3) is 16.4 Å². The Labute approximate surface area is 132 Å². The highest BCUT2D eigenvalue weighted by atomic mass is 32.1. The van der Waals surface area contributed by atoms with Crippen LogP contribution in [0.15, 0.2) is 24.3 Å². The largest absolute Gasteiger partial charge is 0.234 e. The van der Waals surface area contributed by atoms with Gasteiger partial charge in [0.25, 0.3) is 0 Å². The monoisotopic (exact) mass is 310 g/mol. The van der Waals surface area contributed by atoms with Crippen molar-refractivity contribution in [1.82, 2.24) is 25.2 Å². The minimum absolute atomic E-state index is 0.283. The Hall–Kier alpha value is -2.59. The molecule has 0 spiro atoms. The minimum Gasteiger partial charge on any atom is -0.191 e. The third kappa shape index (κ3) is 2.49. The van der Waals surface area contributed by atoms with E-state index in [1.807, 2.05) is 31.2 Å². The van der Waals surface area contributed by atoms with Gasteiger partial charge in [-0.15, -0.1) is 15.3 Å². The van der Waals surface area contributed by atoms with Gasteiger partial charge in [0.15, 0.2) is 5.69 Å². The maximum atomic E-state index is 9.29. The SMILES string of the molecule is Cc1ccc(-c2c(C#N)nnn2-c2nnc(C(C)C)s2)cc1.